The Kier molecular flexibility index (Phi) is 4.90. The average Bonchev–Trinajstić information content (AvgIpc) is 2.98. The molecule has 0 atom stereocenters. The van der Waals surface area contributed by atoms with E-state index in [2.05, 4.69) is 31.8 Å². The third-order valence-corrected chi connectivity index (χ3v) is 4.04. The van der Waals surface area contributed by atoms with Crippen molar-refractivity contribution in [3.63, 3.8) is 0 Å². The van der Waals surface area contributed by atoms with Gasteiger partial charge in [0, 0.05) is 27.4 Å². The van der Waals surface area contributed by atoms with Gasteiger partial charge in [-0.15, -0.1) is 0 Å². The molecule has 0 spiro atoms. The summed E-state index contributed by atoms with van der Waals surface area (Å²) < 4.78 is 1.76. The number of hydrogen-bond acceptors (Lipinski definition) is 7. The lowest BCUT2D eigenvalue weighted by molar-refractivity contribution is 0.740. The van der Waals surface area contributed by atoms with Gasteiger partial charge in [-0.3, -0.25) is 4.68 Å². The van der Waals surface area contributed by atoms with Crippen LogP contribution in [-0.4, -0.2) is 26.0 Å². The standard InChI is InChI=1S/C18H18N8.H2/c1-12-16(11-23-26(12)2)24-18-22-10-15(8-20)17(25-18)21-9-14-6-4-3-5-13(14)7-19;/h3-6,8,10-11,20H,9H2,1-2H3,(H2,21,22,24,25);1H. The highest BCUT2D eigenvalue weighted by Crippen LogP contribution is 2.20. The van der Waals surface area contributed by atoms with Crippen molar-refractivity contribution >= 4 is 23.7 Å². The minimum atomic E-state index is 0. The first-order valence-electron chi connectivity index (χ1n) is 7.97. The van der Waals surface area contributed by atoms with Gasteiger partial charge in [-0.25, -0.2) is 4.98 Å². The fourth-order valence-electron chi connectivity index (χ4n) is 2.40. The Bertz CT molecular complexity index is 989. The second-order valence-electron chi connectivity index (χ2n) is 5.66. The summed E-state index contributed by atoms with van der Waals surface area (Å²) in [6.07, 6.45) is 4.48. The number of aryl methyl sites for hydroxylation is 1. The summed E-state index contributed by atoms with van der Waals surface area (Å²) in [5.74, 6) is 0.926. The number of anilines is 3. The van der Waals surface area contributed by atoms with E-state index >= 15 is 0 Å². The molecule has 0 radical (unpaired) electrons. The van der Waals surface area contributed by atoms with Crippen LogP contribution in [0.5, 0.6) is 0 Å². The lowest BCUT2D eigenvalue weighted by atomic mass is 10.1. The Morgan fingerprint density at radius 2 is 2.15 bits per heavy atom. The summed E-state index contributed by atoms with van der Waals surface area (Å²) in [6, 6.07) is 9.54. The van der Waals surface area contributed by atoms with Crippen molar-refractivity contribution in [2.24, 2.45) is 7.05 Å². The van der Waals surface area contributed by atoms with Crippen LogP contribution in [0.3, 0.4) is 0 Å². The van der Waals surface area contributed by atoms with Crippen LogP contribution < -0.4 is 10.6 Å². The van der Waals surface area contributed by atoms with Crippen LogP contribution >= 0.6 is 0 Å². The number of nitrogens with zero attached hydrogens (tertiary/aromatic N) is 5. The zero-order valence-corrected chi connectivity index (χ0v) is 14.5. The van der Waals surface area contributed by atoms with Crippen molar-refractivity contribution in [1.29, 1.82) is 10.7 Å². The van der Waals surface area contributed by atoms with Crippen molar-refractivity contribution in [2.45, 2.75) is 13.5 Å². The van der Waals surface area contributed by atoms with E-state index in [1.165, 1.54) is 6.21 Å². The normalized spacial score (nSPS) is 10.2. The Balaban J connectivity index is 0.00000261. The molecule has 0 fully saturated rings. The molecule has 1 aromatic carbocycles. The summed E-state index contributed by atoms with van der Waals surface area (Å²) in [7, 11) is 1.86. The first-order chi connectivity index (χ1) is 12.6. The fraction of sp³-hybridized carbons (Fsp3) is 0.167. The number of aromatic nitrogens is 4. The van der Waals surface area contributed by atoms with Crippen LogP contribution in [0.15, 0.2) is 36.7 Å². The number of benzene rings is 1. The molecular formula is C18H20N8. The van der Waals surface area contributed by atoms with Crippen LogP contribution in [-0.2, 0) is 13.6 Å². The van der Waals surface area contributed by atoms with Gasteiger partial charge in [-0.05, 0) is 18.6 Å². The van der Waals surface area contributed by atoms with Gasteiger partial charge >= 0.3 is 0 Å². The molecule has 0 aliphatic rings. The molecule has 8 nitrogen and oxygen atoms in total. The zero-order valence-electron chi connectivity index (χ0n) is 14.5. The molecule has 3 aromatic rings. The molecule has 132 valence electrons. The first-order valence-corrected chi connectivity index (χ1v) is 7.97. The number of nitrogens with one attached hydrogen (secondary N) is 3. The van der Waals surface area contributed by atoms with E-state index in [9.17, 15) is 5.26 Å². The highest BCUT2D eigenvalue weighted by atomic mass is 15.3. The lowest BCUT2D eigenvalue weighted by Gasteiger charge is -2.11. The third kappa shape index (κ3) is 3.52. The van der Waals surface area contributed by atoms with E-state index in [4.69, 9.17) is 5.41 Å². The Labute approximate surface area is 152 Å². The minimum absolute atomic E-state index is 0. The minimum Gasteiger partial charge on any atom is -0.365 e. The predicted molar refractivity (Wildman–Crippen MR) is 102 cm³/mol. The Morgan fingerprint density at radius 1 is 1.35 bits per heavy atom. The molecule has 26 heavy (non-hydrogen) atoms. The van der Waals surface area contributed by atoms with Crippen LogP contribution in [0, 0.1) is 23.7 Å². The molecule has 3 N–H and O–H groups in total. The topological polar surface area (TPSA) is 115 Å². The second kappa shape index (κ2) is 7.44. The molecule has 2 aromatic heterocycles. The van der Waals surface area contributed by atoms with E-state index in [0.29, 0.717) is 29.4 Å². The fourth-order valence-corrected chi connectivity index (χ4v) is 2.40. The third-order valence-electron chi connectivity index (χ3n) is 4.04. The molecule has 0 aliphatic carbocycles. The number of hydrogen-bond donors (Lipinski definition) is 3. The molecular weight excluding hydrogens is 328 g/mol. The van der Waals surface area contributed by atoms with Crippen LogP contribution in [0.2, 0.25) is 0 Å². The van der Waals surface area contributed by atoms with Crippen molar-refractivity contribution in [1.82, 2.24) is 19.7 Å². The summed E-state index contributed by atoms with van der Waals surface area (Å²) in [6.45, 7) is 2.37. The van der Waals surface area contributed by atoms with E-state index in [-0.39, 0.29) is 1.43 Å². The lowest BCUT2D eigenvalue weighted by Crippen LogP contribution is -2.08. The van der Waals surface area contributed by atoms with Gasteiger partial charge in [0.05, 0.1) is 34.8 Å². The SMILES string of the molecule is Cc1c(Nc2ncc(C=N)c(NCc3ccccc3C#N)n2)cnn1C.[HH]. The quantitative estimate of drug-likeness (QED) is 0.590. The molecule has 3 rings (SSSR count). The van der Waals surface area contributed by atoms with Gasteiger partial charge in [0.15, 0.2) is 0 Å². The summed E-state index contributed by atoms with van der Waals surface area (Å²) in [5, 5.41) is 27.2. The van der Waals surface area contributed by atoms with Gasteiger partial charge < -0.3 is 16.0 Å². The summed E-state index contributed by atoms with van der Waals surface area (Å²) in [5.41, 5.74) is 3.81. The largest absolute Gasteiger partial charge is 0.365 e. The molecule has 8 heteroatoms. The maximum atomic E-state index is 9.20. The second-order valence-corrected chi connectivity index (χ2v) is 5.66. The predicted octanol–water partition coefficient (Wildman–Crippen LogP) is 2.99. The van der Waals surface area contributed by atoms with Gasteiger partial charge in [0.1, 0.15) is 5.82 Å². The Morgan fingerprint density at radius 3 is 2.85 bits per heavy atom. The zero-order chi connectivity index (χ0) is 18.5. The number of rotatable bonds is 6. The van der Waals surface area contributed by atoms with Gasteiger partial charge in [0.2, 0.25) is 5.95 Å². The summed E-state index contributed by atoms with van der Waals surface area (Å²) in [4.78, 5) is 8.70. The molecule has 2 heterocycles. The maximum Gasteiger partial charge on any atom is 0.229 e. The maximum absolute atomic E-state index is 9.20. The average molecular weight is 348 g/mol. The smallest absolute Gasteiger partial charge is 0.229 e. The van der Waals surface area contributed by atoms with E-state index in [1.54, 1.807) is 23.1 Å². The molecule has 0 aliphatic heterocycles. The van der Waals surface area contributed by atoms with Crippen molar-refractivity contribution in [3.8, 4) is 6.07 Å². The van der Waals surface area contributed by atoms with Crippen molar-refractivity contribution in [2.75, 3.05) is 10.6 Å². The van der Waals surface area contributed by atoms with Crippen molar-refractivity contribution < 1.29 is 1.43 Å². The monoisotopic (exact) mass is 348 g/mol. The van der Waals surface area contributed by atoms with Crippen LogP contribution in [0.25, 0.3) is 0 Å². The number of nitriles is 1. The first kappa shape index (κ1) is 17.1. The van der Waals surface area contributed by atoms with Crippen LogP contribution in [0.1, 0.15) is 23.8 Å². The molecule has 0 bridgehead atoms. The highest BCUT2D eigenvalue weighted by Gasteiger charge is 2.10. The summed E-state index contributed by atoms with van der Waals surface area (Å²) >= 11 is 0. The van der Waals surface area contributed by atoms with Gasteiger partial charge in [0.25, 0.3) is 0 Å². The Hall–Kier alpha value is -3.73. The van der Waals surface area contributed by atoms with E-state index in [1.807, 2.05) is 32.2 Å². The van der Waals surface area contributed by atoms with E-state index < -0.39 is 0 Å². The highest BCUT2D eigenvalue weighted by molar-refractivity contribution is 5.84. The van der Waals surface area contributed by atoms with Gasteiger partial charge in [-0.2, -0.15) is 15.3 Å². The molecule has 0 unspecified atom stereocenters. The molecule has 0 amide bonds. The molecule has 0 saturated heterocycles. The molecule has 0 saturated carbocycles. The van der Waals surface area contributed by atoms with E-state index in [0.717, 1.165) is 16.9 Å². The van der Waals surface area contributed by atoms with Crippen LogP contribution in [0.4, 0.5) is 17.5 Å². The van der Waals surface area contributed by atoms with Crippen molar-refractivity contribution in [3.05, 3.63) is 59.0 Å². The van der Waals surface area contributed by atoms with Gasteiger partial charge in [-0.1, -0.05) is 18.2 Å².